The van der Waals surface area contributed by atoms with Crippen LogP contribution < -0.4 is 4.57 Å². The summed E-state index contributed by atoms with van der Waals surface area (Å²) in [7, 11) is 0. The molecule has 3 nitrogen and oxygen atoms in total. The Bertz CT molecular complexity index is 2760. The molecular weight excluding hydrogens is 791 g/mol. The number of nitrogens with zero attached hydrogens (tertiary/aromatic N) is 2. The summed E-state index contributed by atoms with van der Waals surface area (Å²) in [5.41, 5.74) is 13.9. The second-order valence-corrected chi connectivity index (χ2v) is 23.2. The highest BCUT2D eigenvalue weighted by Crippen LogP contribution is 2.68. The molecular formula is C59H69F2N2O+. The third-order valence-electron chi connectivity index (χ3n) is 18.8. The maximum Gasteiger partial charge on any atom is 0.213 e. The molecule has 8 aliphatic rings. The Morgan fingerprint density at radius 1 is 0.891 bits per heavy atom. The van der Waals surface area contributed by atoms with Gasteiger partial charge in [0.1, 0.15) is 23.5 Å². The Morgan fingerprint density at radius 2 is 1.67 bits per heavy atom. The van der Waals surface area contributed by atoms with Crippen molar-refractivity contribution >= 4 is 21.9 Å². The number of rotatable bonds is 8. The van der Waals surface area contributed by atoms with E-state index in [1.807, 2.05) is 0 Å². The zero-order valence-electron chi connectivity index (χ0n) is 39.6. The van der Waals surface area contributed by atoms with Crippen LogP contribution in [0.5, 0.6) is 0 Å². The van der Waals surface area contributed by atoms with Gasteiger partial charge in [-0.05, 0) is 145 Å². The lowest BCUT2D eigenvalue weighted by atomic mass is 9.47. The number of benzene rings is 3. The molecule has 10 atom stereocenters. The van der Waals surface area contributed by atoms with Gasteiger partial charge in [-0.2, -0.15) is 4.57 Å². The van der Waals surface area contributed by atoms with E-state index in [-0.39, 0.29) is 47.2 Å². The minimum absolute atomic E-state index is 0.00910. The molecule has 4 saturated carbocycles. The predicted molar refractivity (Wildman–Crippen MR) is 256 cm³/mol. The topological polar surface area (TPSA) is 20.3 Å². The van der Waals surface area contributed by atoms with Gasteiger partial charge in [-0.25, -0.2) is 8.78 Å². The second kappa shape index (κ2) is 14.4. The zero-order valence-corrected chi connectivity index (χ0v) is 39.6. The molecule has 10 unspecified atom stereocenters. The first kappa shape index (κ1) is 41.2. The normalized spacial score (nSPS) is 34.5. The maximum atomic E-state index is 14.7. The van der Waals surface area contributed by atoms with Gasteiger partial charge >= 0.3 is 0 Å². The first-order valence-electron chi connectivity index (χ1n) is 25.4. The molecule has 0 spiro atoms. The van der Waals surface area contributed by atoms with Crippen LogP contribution in [0.2, 0.25) is 0 Å². The molecule has 2 aromatic heterocycles. The van der Waals surface area contributed by atoms with Gasteiger partial charge in [0.25, 0.3) is 0 Å². The fourth-order valence-corrected chi connectivity index (χ4v) is 15.8. The van der Waals surface area contributed by atoms with E-state index < -0.39 is 12.3 Å². The van der Waals surface area contributed by atoms with Gasteiger partial charge in [-0.1, -0.05) is 110 Å². The molecule has 5 aromatic rings. The summed E-state index contributed by atoms with van der Waals surface area (Å²) in [6.07, 6.45) is 17.2. The van der Waals surface area contributed by atoms with Gasteiger partial charge in [0.05, 0.1) is 23.1 Å². The highest BCUT2D eigenvalue weighted by atomic mass is 19.2. The smallest absolute Gasteiger partial charge is 0.213 e. The molecule has 5 heterocycles. The summed E-state index contributed by atoms with van der Waals surface area (Å²) in [5, 5.41) is 2.29. The SMILES string of the molecule is CCC12C=C(C3c4ccc5c(oc6cc(C7CCC(F)C(F)C7)ccc65)c4C4CC(CC5C6CCC5C6C)C=CN43)C1(CC)[n+]1cc(C(C)(C)C)c(CC(C)C)cc1-c1ccccc12. The molecule has 0 amide bonds. The minimum Gasteiger partial charge on any atom is -0.456 e. The lowest BCUT2D eigenvalue weighted by molar-refractivity contribution is -0.763. The van der Waals surface area contributed by atoms with Crippen LogP contribution in [-0.4, -0.2) is 17.2 Å². The zero-order chi connectivity index (χ0) is 44.2. The van der Waals surface area contributed by atoms with Crippen molar-refractivity contribution in [3.63, 3.8) is 0 Å². The molecule has 334 valence electrons. The van der Waals surface area contributed by atoms with Crippen LogP contribution in [0.3, 0.4) is 0 Å². The molecule has 64 heavy (non-hydrogen) atoms. The minimum atomic E-state index is -1.40. The average molecular weight is 860 g/mol. The number of aromatic nitrogens is 1. The standard InChI is InChI=1S/C59H69F2N2O/c1-9-58-31-47(59(58,10-2)63-32-48(57(6,7)8)38(25-33(3)4)29-51(63)43-13-11-12-14-46(43)58)55-44-21-20-42-41-17-15-37(36-16-22-49(60)50(61)28-36)30-53(41)64-56(42)54(44)52-27-35(23-24-62(52)55)26-45-39-18-19-40(45)34(39)5/h11-15,17,20-21,23-24,29-36,39-40,45,49-50,52,55H,9-10,16,18-19,22,25-28H2,1-8H3/q+1. The number of furan rings is 1. The Kier molecular flexibility index (Phi) is 9.25. The van der Waals surface area contributed by atoms with E-state index in [4.69, 9.17) is 4.42 Å². The number of alkyl halides is 2. The van der Waals surface area contributed by atoms with Gasteiger partial charge in [-0.15, -0.1) is 0 Å². The van der Waals surface area contributed by atoms with E-state index in [2.05, 4.69) is 150 Å². The van der Waals surface area contributed by atoms with Crippen LogP contribution in [0.1, 0.15) is 165 Å². The van der Waals surface area contributed by atoms with Crippen LogP contribution in [0, 0.1) is 35.5 Å². The van der Waals surface area contributed by atoms with Crippen LogP contribution in [0.15, 0.2) is 95.2 Å². The van der Waals surface area contributed by atoms with Crippen molar-refractivity contribution in [3.05, 3.63) is 124 Å². The van der Waals surface area contributed by atoms with Crippen LogP contribution in [-0.2, 0) is 22.8 Å². The Labute approximate surface area is 380 Å². The van der Waals surface area contributed by atoms with Crippen LogP contribution >= 0.6 is 0 Å². The monoisotopic (exact) mass is 860 g/mol. The average Bonchev–Trinajstić information content (AvgIpc) is 4.05. The summed E-state index contributed by atoms with van der Waals surface area (Å²) >= 11 is 0. The van der Waals surface area contributed by atoms with E-state index in [0.717, 1.165) is 71.5 Å². The third-order valence-corrected chi connectivity index (χ3v) is 18.8. The van der Waals surface area contributed by atoms with Gasteiger partial charge in [-0.3, -0.25) is 0 Å². The summed E-state index contributed by atoms with van der Waals surface area (Å²) in [5.74, 6) is 4.66. The lowest BCUT2D eigenvalue weighted by Crippen LogP contribution is -2.75. The van der Waals surface area contributed by atoms with Crippen molar-refractivity contribution in [2.75, 3.05) is 0 Å². The highest BCUT2D eigenvalue weighted by Gasteiger charge is 2.71. The van der Waals surface area contributed by atoms with Crippen molar-refractivity contribution in [1.82, 2.24) is 4.90 Å². The van der Waals surface area contributed by atoms with Crippen molar-refractivity contribution in [1.29, 1.82) is 0 Å². The van der Waals surface area contributed by atoms with Crippen LogP contribution in [0.25, 0.3) is 33.2 Å². The molecule has 0 N–H and O–H groups in total. The number of hydrogen-bond donors (Lipinski definition) is 0. The van der Waals surface area contributed by atoms with Gasteiger partial charge in [0, 0.05) is 40.0 Å². The van der Waals surface area contributed by atoms with E-state index >= 15 is 0 Å². The highest BCUT2D eigenvalue weighted by molar-refractivity contribution is 6.06. The quantitative estimate of drug-likeness (QED) is 0.114. The molecule has 0 saturated heterocycles. The summed E-state index contributed by atoms with van der Waals surface area (Å²) in [4.78, 5) is 2.76. The number of hydrogen-bond acceptors (Lipinski definition) is 2. The molecule has 0 radical (unpaired) electrons. The van der Waals surface area contributed by atoms with Crippen molar-refractivity contribution < 1.29 is 17.8 Å². The second-order valence-electron chi connectivity index (χ2n) is 23.2. The van der Waals surface area contributed by atoms with E-state index in [1.54, 1.807) is 0 Å². The Hall–Kier alpha value is -4.25. The fraction of sp³-hybridized carbons (Fsp3) is 0.542. The van der Waals surface area contributed by atoms with Gasteiger partial charge in [0.15, 0.2) is 6.20 Å². The summed E-state index contributed by atoms with van der Waals surface area (Å²) in [6.45, 7) is 19.3. The molecule has 3 aromatic carbocycles. The summed E-state index contributed by atoms with van der Waals surface area (Å²) < 4.78 is 38.9. The number of pyridine rings is 1. The summed E-state index contributed by atoms with van der Waals surface area (Å²) in [6, 6.07) is 23.5. The molecule has 5 aliphatic carbocycles. The Balaban J connectivity index is 1.04. The van der Waals surface area contributed by atoms with Gasteiger partial charge in [0.2, 0.25) is 11.2 Å². The largest absolute Gasteiger partial charge is 0.456 e. The number of fused-ring (bicyclic) bond motifs is 14. The number of halogens is 2. The first-order valence-corrected chi connectivity index (χ1v) is 25.4. The molecule has 3 aliphatic heterocycles. The van der Waals surface area contributed by atoms with Gasteiger partial charge < -0.3 is 9.32 Å². The van der Waals surface area contributed by atoms with E-state index in [0.29, 0.717) is 18.3 Å². The Morgan fingerprint density at radius 3 is 2.39 bits per heavy atom. The molecule has 2 bridgehead atoms. The predicted octanol–water partition coefficient (Wildman–Crippen LogP) is 15.0. The molecule has 4 fully saturated rings. The first-order chi connectivity index (χ1) is 30.8. The fourth-order valence-electron chi connectivity index (χ4n) is 15.8. The number of allylic oxidation sites excluding steroid dienone is 2. The lowest BCUT2D eigenvalue weighted by Gasteiger charge is -2.58. The van der Waals surface area contributed by atoms with Crippen molar-refractivity contribution in [2.24, 2.45) is 35.5 Å². The van der Waals surface area contributed by atoms with Crippen molar-refractivity contribution in [3.8, 4) is 11.3 Å². The van der Waals surface area contributed by atoms with E-state index in [9.17, 15) is 8.78 Å². The van der Waals surface area contributed by atoms with Crippen LogP contribution in [0.4, 0.5) is 8.78 Å². The third kappa shape index (κ3) is 5.51. The van der Waals surface area contributed by atoms with E-state index in [1.165, 1.54) is 69.3 Å². The van der Waals surface area contributed by atoms with Crippen molar-refractivity contribution in [2.45, 2.75) is 166 Å². The molecule has 13 rings (SSSR count). The maximum absolute atomic E-state index is 14.7. The molecule has 5 heteroatoms.